The van der Waals surface area contributed by atoms with E-state index in [2.05, 4.69) is 31.1 Å². The minimum atomic E-state index is 0.0169. The monoisotopic (exact) mass is 282 g/mol. The summed E-state index contributed by atoms with van der Waals surface area (Å²) in [4.78, 5) is 19.0. The summed E-state index contributed by atoms with van der Waals surface area (Å²) < 4.78 is 0. The summed E-state index contributed by atoms with van der Waals surface area (Å²) in [7, 11) is 1.78. The first-order valence-electron chi connectivity index (χ1n) is 6.56. The van der Waals surface area contributed by atoms with Crippen LogP contribution in [0.1, 0.15) is 36.9 Å². The molecule has 1 aliphatic heterocycles. The quantitative estimate of drug-likeness (QED) is 0.873. The molecule has 1 unspecified atom stereocenters. The van der Waals surface area contributed by atoms with Gasteiger partial charge >= 0.3 is 0 Å². The second-order valence-electron chi connectivity index (χ2n) is 6.09. The molecule has 1 aliphatic rings. The number of thiazole rings is 1. The molecule has 0 spiro atoms. The maximum Gasteiger partial charge on any atom is 0.267 e. The third kappa shape index (κ3) is 2.83. The average Bonchev–Trinajstić information content (AvgIpc) is 2.93. The molecule has 1 aromatic heterocycles. The lowest BCUT2D eigenvalue weighted by atomic mass is 9.80. The Bertz CT molecular complexity index is 477. The fourth-order valence-electron chi connectivity index (χ4n) is 2.39. The molecule has 6 heteroatoms. The Hall–Kier alpha value is -1.30. The second-order valence-corrected chi connectivity index (χ2v) is 7.09. The maximum absolute atomic E-state index is 12.5. The number of nitrogens with one attached hydrogen (secondary N) is 1. The molecular weight excluding hydrogens is 260 g/mol. The number of nitrogens with two attached hydrogens (primary N) is 1. The lowest BCUT2D eigenvalue weighted by Gasteiger charge is -2.26. The average molecular weight is 282 g/mol. The highest BCUT2D eigenvalue weighted by Crippen LogP contribution is 2.35. The number of carbonyl (C=O) groups excluding carboxylic acids is 1. The molecule has 0 aromatic carbocycles. The van der Waals surface area contributed by atoms with Gasteiger partial charge in [-0.15, -0.1) is 0 Å². The molecule has 0 radical (unpaired) electrons. The Kier molecular flexibility index (Phi) is 3.71. The van der Waals surface area contributed by atoms with Crippen molar-refractivity contribution in [3.05, 3.63) is 4.88 Å². The van der Waals surface area contributed by atoms with Gasteiger partial charge in [0.05, 0.1) is 0 Å². The van der Waals surface area contributed by atoms with E-state index >= 15 is 0 Å². The normalized spacial score (nSPS) is 19.8. The van der Waals surface area contributed by atoms with E-state index in [9.17, 15) is 4.79 Å². The predicted molar refractivity (Wildman–Crippen MR) is 79.5 cm³/mol. The van der Waals surface area contributed by atoms with Gasteiger partial charge in [0.15, 0.2) is 5.13 Å². The summed E-state index contributed by atoms with van der Waals surface area (Å²) in [5.74, 6) is 0.899. The van der Waals surface area contributed by atoms with Crippen LogP contribution in [0.25, 0.3) is 0 Å². The third-order valence-electron chi connectivity index (χ3n) is 3.76. The largest absolute Gasteiger partial charge is 0.382 e. The van der Waals surface area contributed by atoms with Crippen molar-refractivity contribution in [2.45, 2.75) is 27.2 Å². The Balaban J connectivity index is 2.11. The molecule has 1 fully saturated rings. The molecule has 1 atom stereocenters. The van der Waals surface area contributed by atoms with E-state index < -0.39 is 0 Å². The highest BCUT2D eigenvalue weighted by molar-refractivity contribution is 7.18. The number of likely N-dealkylation sites (tertiary alicyclic amines) is 1. The van der Waals surface area contributed by atoms with E-state index in [0.717, 1.165) is 19.5 Å². The number of aromatic nitrogens is 1. The van der Waals surface area contributed by atoms with Crippen molar-refractivity contribution in [1.29, 1.82) is 0 Å². The van der Waals surface area contributed by atoms with Crippen LogP contribution in [-0.4, -0.2) is 35.9 Å². The zero-order valence-electron chi connectivity index (χ0n) is 12.0. The van der Waals surface area contributed by atoms with Gasteiger partial charge in [0, 0.05) is 20.1 Å². The van der Waals surface area contributed by atoms with Gasteiger partial charge in [0.25, 0.3) is 5.91 Å². The van der Waals surface area contributed by atoms with Crippen LogP contribution in [0.5, 0.6) is 0 Å². The Morgan fingerprint density at radius 3 is 2.68 bits per heavy atom. The number of hydrogen-bond acceptors (Lipinski definition) is 5. The molecule has 2 heterocycles. The van der Waals surface area contributed by atoms with Gasteiger partial charge in [-0.2, -0.15) is 0 Å². The molecule has 5 nitrogen and oxygen atoms in total. The number of rotatable bonds is 2. The maximum atomic E-state index is 12.5. The van der Waals surface area contributed by atoms with Crippen molar-refractivity contribution in [2.24, 2.45) is 11.3 Å². The van der Waals surface area contributed by atoms with Crippen molar-refractivity contribution < 1.29 is 4.79 Å². The summed E-state index contributed by atoms with van der Waals surface area (Å²) in [6, 6.07) is 0. The molecular formula is C13H22N4OS. The molecule has 19 heavy (non-hydrogen) atoms. The Labute approximate surface area is 118 Å². The van der Waals surface area contributed by atoms with E-state index in [0.29, 0.717) is 21.7 Å². The summed E-state index contributed by atoms with van der Waals surface area (Å²) >= 11 is 1.32. The molecule has 1 saturated heterocycles. The molecule has 0 bridgehead atoms. The molecule has 2 rings (SSSR count). The van der Waals surface area contributed by atoms with Crippen LogP contribution in [0, 0.1) is 11.3 Å². The fourth-order valence-corrected chi connectivity index (χ4v) is 3.19. The topological polar surface area (TPSA) is 71.2 Å². The van der Waals surface area contributed by atoms with Crippen molar-refractivity contribution in [1.82, 2.24) is 9.88 Å². The van der Waals surface area contributed by atoms with E-state index in [4.69, 9.17) is 5.73 Å². The van der Waals surface area contributed by atoms with Crippen LogP contribution in [0.2, 0.25) is 0 Å². The van der Waals surface area contributed by atoms with Gasteiger partial charge in [-0.1, -0.05) is 32.1 Å². The van der Waals surface area contributed by atoms with Gasteiger partial charge in [-0.25, -0.2) is 4.98 Å². The Morgan fingerprint density at radius 2 is 2.21 bits per heavy atom. The summed E-state index contributed by atoms with van der Waals surface area (Å²) in [6.45, 7) is 8.31. The van der Waals surface area contributed by atoms with Gasteiger partial charge in [0.2, 0.25) is 0 Å². The van der Waals surface area contributed by atoms with Crippen molar-refractivity contribution >= 4 is 28.2 Å². The summed E-state index contributed by atoms with van der Waals surface area (Å²) in [5, 5.41) is 3.61. The van der Waals surface area contributed by atoms with E-state index in [1.54, 1.807) is 7.05 Å². The van der Waals surface area contributed by atoms with Crippen LogP contribution in [0.15, 0.2) is 0 Å². The molecule has 1 aromatic rings. The first kappa shape index (κ1) is 14.1. The SMILES string of the molecule is CNc1nc(N)c(C(=O)N2CCC(C(C)(C)C)C2)s1. The van der Waals surface area contributed by atoms with Crippen LogP contribution < -0.4 is 11.1 Å². The second kappa shape index (κ2) is 5.00. The van der Waals surface area contributed by atoms with E-state index in [1.807, 2.05) is 4.90 Å². The standard InChI is InChI=1S/C13H22N4OS/c1-13(2,3)8-5-6-17(7-8)11(18)9-10(14)16-12(15-4)19-9/h8H,5-7,14H2,1-4H3,(H,15,16). The molecule has 0 saturated carbocycles. The van der Waals surface area contributed by atoms with Gasteiger partial charge in [-0.05, 0) is 17.8 Å². The van der Waals surface area contributed by atoms with Crippen molar-refractivity contribution in [2.75, 3.05) is 31.2 Å². The molecule has 0 aliphatic carbocycles. The van der Waals surface area contributed by atoms with E-state index in [1.165, 1.54) is 11.3 Å². The van der Waals surface area contributed by atoms with Crippen molar-refractivity contribution in [3.8, 4) is 0 Å². The first-order valence-corrected chi connectivity index (χ1v) is 7.38. The fraction of sp³-hybridized carbons (Fsp3) is 0.692. The summed E-state index contributed by atoms with van der Waals surface area (Å²) in [5.41, 5.74) is 6.06. The first-order chi connectivity index (χ1) is 8.82. The number of anilines is 2. The lowest BCUT2D eigenvalue weighted by Crippen LogP contribution is -2.31. The highest BCUT2D eigenvalue weighted by atomic mass is 32.1. The highest BCUT2D eigenvalue weighted by Gasteiger charge is 2.35. The number of nitrogen functional groups attached to an aromatic ring is 1. The van der Waals surface area contributed by atoms with Gasteiger partial charge in [0.1, 0.15) is 10.7 Å². The number of nitrogens with zero attached hydrogens (tertiary/aromatic N) is 2. The number of carbonyl (C=O) groups is 1. The van der Waals surface area contributed by atoms with Gasteiger partial charge in [-0.3, -0.25) is 4.79 Å². The van der Waals surface area contributed by atoms with Crippen LogP contribution in [0.3, 0.4) is 0 Å². The Morgan fingerprint density at radius 1 is 1.53 bits per heavy atom. The summed E-state index contributed by atoms with van der Waals surface area (Å²) in [6.07, 6.45) is 1.06. The van der Waals surface area contributed by atoms with Crippen LogP contribution in [-0.2, 0) is 0 Å². The molecule has 106 valence electrons. The van der Waals surface area contributed by atoms with Crippen molar-refractivity contribution in [3.63, 3.8) is 0 Å². The molecule has 3 N–H and O–H groups in total. The van der Waals surface area contributed by atoms with Crippen LogP contribution in [0.4, 0.5) is 10.9 Å². The minimum Gasteiger partial charge on any atom is -0.382 e. The predicted octanol–water partition coefficient (Wildman–Crippen LogP) is 2.28. The zero-order chi connectivity index (χ0) is 14.2. The minimum absolute atomic E-state index is 0.0169. The zero-order valence-corrected chi connectivity index (χ0v) is 12.8. The van der Waals surface area contributed by atoms with Gasteiger partial charge < -0.3 is 16.0 Å². The number of hydrogen-bond donors (Lipinski definition) is 2. The lowest BCUT2D eigenvalue weighted by molar-refractivity contribution is 0.0782. The number of amides is 1. The molecule has 1 amide bonds. The third-order valence-corrected chi connectivity index (χ3v) is 4.84. The smallest absolute Gasteiger partial charge is 0.267 e. The van der Waals surface area contributed by atoms with Crippen LogP contribution >= 0.6 is 11.3 Å². The van der Waals surface area contributed by atoms with E-state index in [-0.39, 0.29) is 11.3 Å².